The van der Waals surface area contributed by atoms with Gasteiger partial charge in [-0.1, -0.05) is 30.3 Å². The van der Waals surface area contributed by atoms with Crippen molar-refractivity contribution in [2.24, 2.45) is 0 Å². The van der Waals surface area contributed by atoms with Crippen LogP contribution in [-0.4, -0.2) is 40.5 Å². The monoisotopic (exact) mass is 357 g/mol. The summed E-state index contributed by atoms with van der Waals surface area (Å²) in [5.74, 6) is -0.132. The number of aliphatic hydroxyl groups excluding tert-OH is 1. The van der Waals surface area contributed by atoms with Gasteiger partial charge in [0, 0.05) is 10.5 Å². The van der Waals surface area contributed by atoms with E-state index in [9.17, 15) is 9.90 Å². The Morgan fingerprint density at radius 2 is 1.80 bits per heavy atom. The number of amides is 1. The summed E-state index contributed by atoms with van der Waals surface area (Å²) in [6.07, 6.45) is 1.67. The topological polar surface area (TPSA) is 49.8 Å². The highest BCUT2D eigenvalue weighted by Gasteiger charge is 2.50. The number of nitrogens with zero attached hydrogens (tertiary/aromatic N) is 1. The fraction of sp³-hybridized carbons (Fsp3) is 0.350. The molecule has 1 aliphatic heterocycles. The van der Waals surface area contributed by atoms with E-state index in [0.717, 1.165) is 5.56 Å². The highest BCUT2D eigenvalue weighted by atomic mass is 32.2. The third kappa shape index (κ3) is 3.45. The zero-order valence-corrected chi connectivity index (χ0v) is 15.5. The van der Waals surface area contributed by atoms with Gasteiger partial charge in [0.15, 0.2) is 0 Å². The molecule has 2 aromatic carbocycles. The number of rotatable bonds is 4. The van der Waals surface area contributed by atoms with E-state index in [4.69, 9.17) is 4.74 Å². The van der Waals surface area contributed by atoms with Crippen molar-refractivity contribution < 1.29 is 14.6 Å². The maximum atomic E-state index is 13.0. The average Bonchev–Trinajstić information content (AvgIpc) is 2.92. The van der Waals surface area contributed by atoms with Gasteiger partial charge in [-0.15, -0.1) is 11.8 Å². The van der Waals surface area contributed by atoms with E-state index in [2.05, 4.69) is 0 Å². The predicted molar refractivity (Wildman–Crippen MR) is 99.6 cm³/mol. The van der Waals surface area contributed by atoms with Gasteiger partial charge in [-0.25, -0.2) is 0 Å². The van der Waals surface area contributed by atoms with Gasteiger partial charge in [0.05, 0.1) is 12.6 Å². The predicted octanol–water partition coefficient (Wildman–Crippen LogP) is 3.72. The van der Waals surface area contributed by atoms with Crippen LogP contribution in [0.4, 0.5) is 0 Å². The van der Waals surface area contributed by atoms with Gasteiger partial charge in [-0.05, 0) is 49.9 Å². The quantitative estimate of drug-likeness (QED) is 0.848. The normalized spacial score (nSPS) is 22.2. The zero-order chi connectivity index (χ0) is 18.0. The Hall–Kier alpha value is -1.82. The summed E-state index contributed by atoms with van der Waals surface area (Å²) in [5, 5.41) is 10.0. The van der Waals surface area contributed by atoms with Gasteiger partial charge >= 0.3 is 0 Å². The fourth-order valence-electron chi connectivity index (χ4n) is 3.36. The minimum absolute atomic E-state index is 0.132. The van der Waals surface area contributed by atoms with E-state index < -0.39 is 11.8 Å². The van der Waals surface area contributed by atoms with Gasteiger partial charge in [0.25, 0.3) is 5.91 Å². The molecular weight excluding hydrogens is 334 g/mol. The molecule has 0 unspecified atom stereocenters. The summed E-state index contributed by atoms with van der Waals surface area (Å²) >= 11 is 1.67. The van der Waals surface area contributed by atoms with Gasteiger partial charge < -0.3 is 14.7 Å². The van der Waals surface area contributed by atoms with Crippen molar-refractivity contribution in [2.75, 3.05) is 12.9 Å². The molecule has 132 valence electrons. The van der Waals surface area contributed by atoms with Crippen LogP contribution < -0.4 is 0 Å². The highest BCUT2D eigenvalue weighted by Crippen LogP contribution is 2.41. The number of carbonyl (C=O) groups excluding carboxylic acids is 1. The molecule has 0 spiro atoms. The minimum atomic E-state index is -0.802. The maximum absolute atomic E-state index is 13.0. The summed E-state index contributed by atoms with van der Waals surface area (Å²) in [6, 6.07) is 16.8. The molecule has 2 aromatic rings. The Bertz CT molecular complexity index is 730. The lowest BCUT2D eigenvalue weighted by atomic mass is 10.0. The van der Waals surface area contributed by atoms with E-state index in [-0.39, 0.29) is 18.6 Å². The van der Waals surface area contributed by atoms with Crippen molar-refractivity contribution in [3.63, 3.8) is 0 Å². The fourth-order valence-corrected chi connectivity index (χ4v) is 3.77. The lowest BCUT2D eigenvalue weighted by Crippen LogP contribution is -2.49. The summed E-state index contributed by atoms with van der Waals surface area (Å²) in [7, 11) is 0. The number of hydrogen-bond donors (Lipinski definition) is 1. The Kier molecular flexibility index (Phi) is 5.18. The zero-order valence-electron chi connectivity index (χ0n) is 14.7. The molecule has 2 atom stereocenters. The first kappa shape index (κ1) is 18.0. The Labute approximate surface area is 152 Å². The molecule has 1 heterocycles. The van der Waals surface area contributed by atoms with Crippen molar-refractivity contribution >= 4 is 17.7 Å². The standard InChI is InChI=1S/C20H23NO3S/c1-20(2)21(19(23)15-7-5-4-6-8-15)17(13-22)18(24-20)14-9-11-16(25-3)12-10-14/h4-12,17-18,22H,13H2,1-3H3/t17-,18-/m0/s1. The van der Waals surface area contributed by atoms with E-state index in [1.807, 2.05) is 62.6 Å². The van der Waals surface area contributed by atoms with Crippen molar-refractivity contribution in [3.05, 3.63) is 65.7 Å². The number of aliphatic hydroxyl groups is 1. The second kappa shape index (κ2) is 7.20. The van der Waals surface area contributed by atoms with Gasteiger partial charge in [-0.2, -0.15) is 0 Å². The van der Waals surface area contributed by atoms with Crippen molar-refractivity contribution in [1.29, 1.82) is 0 Å². The Balaban J connectivity index is 1.94. The maximum Gasteiger partial charge on any atom is 0.256 e. The van der Waals surface area contributed by atoms with Gasteiger partial charge in [0.2, 0.25) is 0 Å². The van der Waals surface area contributed by atoms with Crippen LogP contribution in [-0.2, 0) is 4.74 Å². The molecule has 1 N–H and O–H groups in total. The number of benzene rings is 2. The molecule has 25 heavy (non-hydrogen) atoms. The second-order valence-electron chi connectivity index (χ2n) is 6.55. The molecule has 1 fully saturated rings. The molecule has 0 bridgehead atoms. The first-order chi connectivity index (χ1) is 12.0. The lowest BCUT2D eigenvalue weighted by Gasteiger charge is -2.33. The Morgan fingerprint density at radius 1 is 1.16 bits per heavy atom. The number of ether oxygens (including phenoxy) is 1. The molecule has 1 amide bonds. The van der Waals surface area contributed by atoms with Crippen LogP contribution in [0.5, 0.6) is 0 Å². The summed E-state index contributed by atoms with van der Waals surface area (Å²) in [5.41, 5.74) is 0.757. The molecule has 1 saturated heterocycles. The lowest BCUT2D eigenvalue weighted by molar-refractivity contribution is -0.0654. The van der Waals surface area contributed by atoms with E-state index in [1.54, 1.807) is 28.8 Å². The summed E-state index contributed by atoms with van der Waals surface area (Å²) < 4.78 is 6.21. The van der Waals surface area contributed by atoms with Crippen molar-refractivity contribution in [1.82, 2.24) is 4.90 Å². The molecule has 4 nitrogen and oxygen atoms in total. The van der Waals surface area contributed by atoms with Crippen LogP contribution in [0.25, 0.3) is 0 Å². The number of hydrogen-bond acceptors (Lipinski definition) is 4. The first-order valence-corrected chi connectivity index (χ1v) is 9.52. The van der Waals surface area contributed by atoms with Gasteiger partial charge in [0.1, 0.15) is 11.8 Å². The van der Waals surface area contributed by atoms with Crippen molar-refractivity contribution in [3.8, 4) is 0 Å². The third-order valence-corrected chi connectivity index (χ3v) is 5.29. The second-order valence-corrected chi connectivity index (χ2v) is 7.43. The molecule has 0 saturated carbocycles. The number of thioether (sulfide) groups is 1. The molecule has 0 radical (unpaired) electrons. The first-order valence-electron chi connectivity index (χ1n) is 8.29. The highest BCUT2D eigenvalue weighted by molar-refractivity contribution is 7.98. The Morgan fingerprint density at radius 3 is 2.36 bits per heavy atom. The molecule has 0 aliphatic carbocycles. The SMILES string of the molecule is CSc1ccc([C@@H]2OC(C)(C)N(C(=O)c3ccccc3)[C@H]2CO)cc1. The van der Waals surface area contributed by atoms with Crippen LogP contribution in [0.3, 0.4) is 0 Å². The minimum Gasteiger partial charge on any atom is -0.394 e. The number of carbonyl (C=O) groups is 1. The van der Waals surface area contributed by atoms with E-state index in [0.29, 0.717) is 5.56 Å². The largest absolute Gasteiger partial charge is 0.394 e. The molecule has 1 aliphatic rings. The molecule has 5 heteroatoms. The molecule has 3 rings (SSSR count). The average molecular weight is 357 g/mol. The summed E-state index contributed by atoms with van der Waals surface area (Å²) in [6.45, 7) is 3.58. The van der Waals surface area contributed by atoms with Crippen molar-refractivity contribution in [2.45, 2.75) is 36.6 Å². The van der Waals surface area contributed by atoms with E-state index in [1.165, 1.54) is 4.90 Å². The van der Waals surface area contributed by atoms with Gasteiger partial charge in [-0.3, -0.25) is 4.79 Å². The molecule has 0 aromatic heterocycles. The molecular formula is C20H23NO3S. The third-order valence-electron chi connectivity index (χ3n) is 4.55. The van der Waals surface area contributed by atoms with Crippen LogP contribution in [0, 0.1) is 0 Å². The van der Waals surface area contributed by atoms with E-state index >= 15 is 0 Å². The van der Waals surface area contributed by atoms with Crippen LogP contribution in [0.1, 0.15) is 35.9 Å². The van der Waals surface area contributed by atoms with Crippen LogP contribution in [0.15, 0.2) is 59.5 Å². The van der Waals surface area contributed by atoms with Crippen LogP contribution >= 0.6 is 11.8 Å². The van der Waals surface area contributed by atoms with Crippen LogP contribution in [0.2, 0.25) is 0 Å². The smallest absolute Gasteiger partial charge is 0.256 e. The summed E-state index contributed by atoms with van der Waals surface area (Å²) in [4.78, 5) is 15.9.